The van der Waals surface area contributed by atoms with Gasteiger partial charge >= 0.3 is 23.9 Å². The number of hydrogen-bond donors (Lipinski definition) is 1. The van der Waals surface area contributed by atoms with Gasteiger partial charge in [0.05, 0.1) is 0 Å². The molecule has 0 rings (SSSR count). The van der Waals surface area contributed by atoms with E-state index < -0.39 is 30.5 Å². The van der Waals surface area contributed by atoms with Crippen LogP contribution in [-0.4, -0.2) is 47.6 Å². The number of carbonyl (C=O) groups excluding carboxylic acids is 1. The van der Waals surface area contributed by atoms with Crippen molar-refractivity contribution in [1.82, 2.24) is 0 Å². The highest BCUT2D eigenvalue weighted by Gasteiger charge is 2.76. The van der Waals surface area contributed by atoms with Gasteiger partial charge in [-0.2, -0.15) is 38.1 Å². The molecule has 0 aromatic rings. The molecule has 0 bridgehead atoms. The summed E-state index contributed by atoms with van der Waals surface area (Å²) < 4.78 is 76.3. The van der Waals surface area contributed by atoms with Gasteiger partial charge in [-0.3, -0.25) is 0 Å². The normalized spacial score (nSPS) is 13.6. The summed E-state index contributed by atoms with van der Waals surface area (Å²) in [6.45, 7) is -0.658. The van der Waals surface area contributed by atoms with Crippen molar-refractivity contribution in [3.63, 3.8) is 0 Å². The number of alkyl halides is 6. The van der Waals surface area contributed by atoms with Crippen molar-refractivity contribution in [1.29, 1.82) is 0 Å². The largest absolute Gasteiger partial charge is 0.462 e. The lowest BCUT2D eigenvalue weighted by Crippen LogP contribution is -2.63. The Kier molecular flexibility index (Phi) is 5.14. The zero-order valence-corrected chi connectivity index (χ0v) is 9.17. The Hall–Kier alpha value is -0.640. The zero-order valence-electron chi connectivity index (χ0n) is 8.35. The average Bonchev–Trinajstić information content (AvgIpc) is 2.13. The standard InChI is InChI=1S/C7H8F6O3S/c1-17-3-2-16-4(14)5(15,6(8,9)10)7(11,12)13/h15H,2-3H2,1H3. The van der Waals surface area contributed by atoms with E-state index in [0.717, 1.165) is 11.8 Å². The second-order valence-corrected chi connectivity index (χ2v) is 3.82. The van der Waals surface area contributed by atoms with Crippen LogP contribution < -0.4 is 0 Å². The van der Waals surface area contributed by atoms with Crippen LogP contribution in [0, 0.1) is 0 Å². The van der Waals surface area contributed by atoms with Crippen molar-refractivity contribution in [2.75, 3.05) is 18.6 Å². The Bertz CT molecular complexity index is 260. The zero-order chi connectivity index (χ0) is 13.9. The second kappa shape index (κ2) is 5.34. The molecule has 10 heteroatoms. The van der Waals surface area contributed by atoms with E-state index in [1.165, 1.54) is 6.26 Å². The highest BCUT2D eigenvalue weighted by Crippen LogP contribution is 2.43. The van der Waals surface area contributed by atoms with Crippen LogP contribution >= 0.6 is 11.8 Å². The number of esters is 1. The predicted octanol–water partition coefficient (Wildman–Crippen LogP) is 1.75. The van der Waals surface area contributed by atoms with Crippen LogP contribution in [0.3, 0.4) is 0 Å². The summed E-state index contributed by atoms with van der Waals surface area (Å²) in [7, 11) is 0. The Balaban J connectivity index is 5.03. The van der Waals surface area contributed by atoms with Crippen LogP contribution in [0.15, 0.2) is 0 Å². The van der Waals surface area contributed by atoms with E-state index in [2.05, 4.69) is 4.74 Å². The minimum atomic E-state index is -6.19. The molecule has 102 valence electrons. The maximum atomic E-state index is 12.1. The minimum absolute atomic E-state index is 0.0114. The number of carbonyl (C=O) groups is 1. The van der Waals surface area contributed by atoms with Crippen molar-refractivity contribution in [2.45, 2.75) is 18.0 Å². The van der Waals surface area contributed by atoms with E-state index in [-0.39, 0.29) is 5.75 Å². The first-order valence-corrected chi connectivity index (χ1v) is 5.40. The van der Waals surface area contributed by atoms with Gasteiger partial charge in [-0.1, -0.05) is 0 Å². The Labute approximate surface area is 96.1 Å². The van der Waals surface area contributed by atoms with Crippen LogP contribution in [0.2, 0.25) is 0 Å². The average molecular weight is 286 g/mol. The quantitative estimate of drug-likeness (QED) is 0.486. The molecule has 0 saturated heterocycles. The van der Waals surface area contributed by atoms with Gasteiger partial charge in [-0.25, -0.2) is 4.79 Å². The summed E-state index contributed by atoms with van der Waals surface area (Å²) in [4.78, 5) is 10.7. The van der Waals surface area contributed by atoms with Gasteiger partial charge in [-0.15, -0.1) is 0 Å². The summed E-state index contributed by atoms with van der Waals surface area (Å²) in [6.07, 6.45) is -10.9. The summed E-state index contributed by atoms with van der Waals surface area (Å²) in [5, 5.41) is 8.52. The summed E-state index contributed by atoms with van der Waals surface area (Å²) in [6, 6.07) is 0. The maximum absolute atomic E-state index is 12.1. The lowest BCUT2D eigenvalue weighted by Gasteiger charge is -2.29. The molecule has 0 unspecified atom stereocenters. The molecule has 0 aromatic carbocycles. The van der Waals surface area contributed by atoms with Gasteiger partial charge in [0.25, 0.3) is 0 Å². The molecule has 0 amide bonds. The fraction of sp³-hybridized carbons (Fsp3) is 0.857. The summed E-state index contributed by atoms with van der Waals surface area (Å²) in [5.74, 6) is -2.76. The lowest BCUT2D eigenvalue weighted by molar-refractivity contribution is -0.356. The molecular weight excluding hydrogens is 278 g/mol. The van der Waals surface area contributed by atoms with Crippen molar-refractivity contribution in [3.05, 3.63) is 0 Å². The van der Waals surface area contributed by atoms with Crippen LogP contribution in [0.4, 0.5) is 26.3 Å². The van der Waals surface area contributed by atoms with Crippen molar-refractivity contribution in [2.24, 2.45) is 0 Å². The highest BCUT2D eigenvalue weighted by molar-refractivity contribution is 7.98. The van der Waals surface area contributed by atoms with Gasteiger partial charge in [0.1, 0.15) is 6.61 Å². The number of aliphatic hydroxyl groups is 1. The van der Waals surface area contributed by atoms with E-state index in [1.807, 2.05) is 0 Å². The topological polar surface area (TPSA) is 46.5 Å². The van der Waals surface area contributed by atoms with Crippen LogP contribution in [-0.2, 0) is 9.53 Å². The minimum Gasteiger partial charge on any atom is -0.462 e. The lowest BCUT2D eigenvalue weighted by atomic mass is 10.0. The van der Waals surface area contributed by atoms with E-state index in [1.54, 1.807) is 0 Å². The molecule has 0 aliphatic heterocycles. The predicted molar refractivity (Wildman–Crippen MR) is 46.4 cm³/mol. The number of halogens is 6. The van der Waals surface area contributed by atoms with Crippen LogP contribution in [0.1, 0.15) is 0 Å². The number of thioether (sulfide) groups is 1. The molecule has 0 aromatic heterocycles. The molecule has 0 radical (unpaired) electrons. The molecule has 0 fully saturated rings. The first kappa shape index (κ1) is 16.4. The molecule has 0 aliphatic carbocycles. The summed E-state index contributed by atoms with van der Waals surface area (Å²) >= 11 is 1.05. The Morgan fingerprint density at radius 3 is 1.88 bits per heavy atom. The third-order valence-corrected chi connectivity index (χ3v) is 2.21. The molecule has 0 atom stereocenters. The summed E-state index contributed by atoms with van der Waals surface area (Å²) in [5.41, 5.74) is -5.49. The van der Waals surface area contributed by atoms with Crippen molar-refractivity contribution in [3.8, 4) is 0 Å². The van der Waals surface area contributed by atoms with E-state index in [4.69, 9.17) is 5.11 Å². The smallest absolute Gasteiger partial charge is 0.437 e. The Morgan fingerprint density at radius 1 is 1.18 bits per heavy atom. The number of ether oxygens (including phenoxy) is 1. The van der Waals surface area contributed by atoms with Gasteiger partial charge in [0, 0.05) is 5.75 Å². The van der Waals surface area contributed by atoms with Crippen LogP contribution in [0.5, 0.6) is 0 Å². The van der Waals surface area contributed by atoms with E-state index in [9.17, 15) is 31.1 Å². The molecule has 1 N–H and O–H groups in total. The fourth-order valence-corrected chi connectivity index (χ4v) is 0.964. The van der Waals surface area contributed by atoms with E-state index in [0.29, 0.717) is 0 Å². The van der Waals surface area contributed by atoms with Gasteiger partial charge < -0.3 is 9.84 Å². The Morgan fingerprint density at radius 2 is 1.59 bits per heavy atom. The fourth-order valence-electron chi connectivity index (χ4n) is 0.714. The third-order valence-electron chi connectivity index (χ3n) is 1.64. The number of hydrogen-bond acceptors (Lipinski definition) is 4. The third kappa shape index (κ3) is 3.41. The van der Waals surface area contributed by atoms with Crippen LogP contribution in [0.25, 0.3) is 0 Å². The van der Waals surface area contributed by atoms with Gasteiger partial charge in [-0.05, 0) is 6.26 Å². The number of rotatable bonds is 4. The molecule has 0 saturated carbocycles. The molecule has 0 aliphatic rings. The molecule has 3 nitrogen and oxygen atoms in total. The first-order chi connectivity index (χ1) is 7.48. The molecule has 0 spiro atoms. The molecular formula is C7H8F6O3S. The van der Waals surface area contributed by atoms with Gasteiger partial charge in [0.15, 0.2) is 0 Å². The SMILES string of the molecule is CSCCOC(=O)C(O)(C(F)(F)F)C(F)(F)F. The van der Waals surface area contributed by atoms with Crippen molar-refractivity contribution < 1.29 is 41.0 Å². The van der Waals surface area contributed by atoms with Crippen molar-refractivity contribution >= 4 is 17.7 Å². The van der Waals surface area contributed by atoms with Gasteiger partial charge in [0.2, 0.25) is 0 Å². The molecule has 0 heterocycles. The molecule has 17 heavy (non-hydrogen) atoms. The maximum Gasteiger partial charge on any atom is 0.437 e. The monoisotopic (exact) mass is 286 g/mol. The van der Waals surface area contributed by atoms with E-state index >= 15 is 0 Å². The second-order valence-electron chi connectivity index (χ2n) is 2.83. The highest BCUT2D eigenvalue weighted by atomic mass is 32.2. The first-order valence-electron chi connectivity index (χ1n) is 4.00.